The van der Waals surface area contributed by atoms with Gasteiger partial charge in [-0.1, -0.05) is 0 Å². The van der Waals surface area contributed by atoms with E-state index in [0.717, 1.165) is 11.4 Å². The number of nitrogens with one attached hydrogen (secondary N) is 3. The number of carbonyl (C=O) groups is 2. The van der Waals surface area contributed by atoms with Gasteiger partial charge >= 0.3 is 0 Å². The first-order valence-corrected chi connectivity index (χ1v) is 9.58. The minimum absolute atomic E-state index is 0.238. The molecule has 3 N–H and O–H groups in total. The van der Waals surface area contributed by atoms with Crippen LogP contribution >= 0.6 is 0 Å². The Balaban J connectivity index is 1.66. The highest BCUT2D eigenvalue weighted by atomic mass is 16.5. The van der Waals surface area contributed by atoms with Crippen LogP contribution in [-0.4, -0.2) is 56.3 Å². The average molecular weight is 405 g/mol. The highest BCUT2D eigenvalue weighted by molar-refractivity contribution is 6.34. The zero-order valence-corrected chi connectivity index (χ0v) is 16.2. The predicted molar refractivity (Wildman–Crippen MR) is 108 cm³/mol. The second kappa shape index (κ2) is 7.23. The van der Waals surface area contributed by atoms with Gasteiger partial charge in [0.25, 0.3) is 11.8 Å². The van der Waals surface area contributed by atoms with Gasteiger partial charge in [-0.05, 0) is 25.1 Å². The van der Waals surface area contributed by atoms with Gasteiger partial charge in [-0.15, -0.1) is 0 Å². The molecule has 10 heteroatoms. The lowest BCUT2D eigenvalue weighted by atomic mass is 10.1. The molecule has 5 rings (SSSR count). The number of aromatic amines is 1. The number of anilines is 1. The van der Waals surface area contributed by atoms with E-state index < -0.39 is 0 Å². The number of H-pyrrole nitrogens is 1. The second-order valence-electron chi connectivity index (χ2n) is 7.06. The van der Waals surface area contributed by atoms with Crippen molar-refractivity contribution in [1.82, 2.24) is 30.0 Å². The normalized spacial score (nSPS) is 18.1. The van der Waals surface area contributed by atoms with Crippen LogP contribution in [0, 0.1) is 6.92 Å². The third kappa shape index (κ3) is 3.16. The number of fused-ring (bicyclic) bond motifs is 4. The minimum Gasteiger partial charge on any atom is -0.378 e. The molecule has 0 unspecified atom stereocenters. The Labute approximate surface area is 171 Å². The van der Waals surface area contributed by atoms with Crippen molar-refractivity contribution in [3.05, 3.63) is 47.2 Å². The molecule has 0 saturated heterocycles. The average Bonchev–Trinajstić information content (AvgIpc) is 3.41. The molecule has 0 spiro atoms. The third-order valence-corrected chi connectivity index (χ3v) is 4.98. The SMILES string of the molecule is Cc1cc2c([nH]1)/C=C1\C(=O)Nc3cnc(nc31)-c1ccnn1CCOCCNC2=O. The van der Waals surface area contributed by atoms with E-state index in [0.29, 0.717) is 60.3 Å². The Morgan fingerprint density at radius 3 is 3.00 bits per heavy atom. The molecule has 3 aromatic rings. The van der Waals surface area contributed by atoms with Gasteiger partial charge in [-0.3, -0.25) is 14.3 Å². The van der Waals surface area contributed by atoms with Crippen LogP contribution in [0.4, 0.5) is 5.69 Å². The molecule has 10 nitrogen and oxygen atoms in total. The molecule has 0 aromatic carbocycles. The fraction of sp³-hybridized carbons (Fsp3) is 0.250. The van der Waals surface area contributed by atoms with Crippen molar-refractivity contribution < 1.29 is 14.3 Å². The lowest BCUT2D eigenvalue weighted by Gasteiger charge is -2.10. The van der Waals surface area contributed by atoms with Crippen LogP contribution in [0.3, 0.4) is 0 Å². The first kappa shape index (κ1) is 18.3. The van der Waals surface area contributed by atoms with Gasteiger partial charge < -0.3 is 20.4 Å². The summed E-state index contributed by atoms with van der Waals surface area (Å²) in [6.07, 6.45) is 4.91. The fourth-order valence-corrected chi connectivity index (χ4v) is 3.58. The van der Waals surface area contributed by atoms with Gasteiger partial charge in [-0.25, -0.2) is 9.97 Å². The summed E-state index contributed by atoms with van der Waals surface area (Å²) in [5.41, 5.74) is 3.93. The Morgan fingerprint density at radius 1 is 1.20 bits per heavy atom. The van der Waals surface area contributed by atoms with Crippen LogP contribution < -0.4 is 10.6 Å². The second-order valence-corrected chi connectivity index (χ2v) is 7.06. The van der Waals surface area contributed by atoms with Crippen LogP contribution in [0.5, 0.6) is 0 Å². The molecule has 2 aliphatic heterocycles. The van der Waals surface area contributed by atoms with Crippen molar-refractivity contribution in [3.8, 4) is 11.5 Å². The highest BCUT2D eigenvalue weighted by Gasteiger charge is 2.28. The van der Waals surface area contributed by atoms with E-state index in [1.165, 1.54) is 0 Å². The molecule has 3 aromatic heterocycles. The monoisotopic (exact) mass is 405 g/mol. The van der Waals surface area contributed by atoms with Crippen LogP contribution in [0.1, 0.15) is 27.4 Å². The zero-order chi connectivity index (χ0) is 20.7. The largest absolute Gasteiger partial charge is 0.378 e. The van der Waals surface area contributed by atoms with Crippen molar-refractivity contribution in [2.45, 2.75) is 13.5 Å². The van der Waals surface area contributed by atoms with Crippen molar-refractivity contribution >= 4 is 29.2 Å². The summed E-state index contributed by atoms with van der Waals surface area (Å²) in [6.45, 7) is 3.54. The number of rotatable bonds is 0. The maximum Gasteiger partial charge on any atom is 0.258 e. The molecule has 152 valence electrons. The summed E-state index contributed by atoms with van der Waals surface area (Å²) >= 11 is 0. The van der Waals surface area contributed by atoms with Gasteiger partial charge in [0, 0.05) is 18.4 Å². The third-order valence-electron chi connectivity index (χ3n) is 4.98. The minimum atomic E-state index is -0.293. The topological polar surface area (TPSA) is 127 Å². The number of nitrogens with zero attached hydrogens (tertiary/aromatic N) is 4. The van der Waals surface area contributed by atoms with Crippen LogP contribution in [0.25, 0.3) is 23.2 Å². The summed E-state index contributed by atoms with van der Waals surface area (Å²) in [5.74, 6) is -0.0716. The zero-order valence-electron chi connectivity index (χ0n) is 16.2. The number of aryl methyl sites for hydroxylation is 1. The van der Waals surface area contributed by atoms with Crippen LogP contribution in [0.15, 0.2) is 24.5 Å². The first-order valence-electron chi connectivity index (χ1n) is 9.58. The van der Waals surface area contributed by atoms with Crippen molar-refractivity contribution in [1.29, 1.82) is 0 Å². The van der Waals surface area contributed by atoms with E-state index in [1.807, 2.05) is 13.0 Å². The summed E-state index contributed by atoms with van der Waals surface area (Å²) in [5, 5.41) is 9.95. The summed E-state index contributed by atoms with van der Waals surface area (Å²) < 4.78 is 7.38. The Kier molecular flexibility index (Phi) is 4.40. The molecule has 0 fully saturated rings. The smallest absolute Gasteiger partial charge is 0.258 e. The molecular formula is C20H19N7O3. The van der Waals surface area contributed by atoms with E-state index >= 15 is 0 Å². The molecule has 2 amide bonds. The van der Waals surface area contributed by atoms with E-state index in [9.17, 15) is 9.59 Å². The number of hydrogen-bond acceptors (Lipinski definition) is 6. The van der Waals surface area contributed by atoms with Gasteiger partial charge in [0.15, 0.2) is 5.82 Å². The van der Waals surface area contributed by atoms with Gasteiger partial charge in [0.1, 0.15) is 11.4 Å². The molecule has 5 heterocycles. The Morgan fingerprint density at radius 2 is 2.10 bits per heavy atom. The quantitative estimate of drug-likeness (QED) is 0.516. The lowest BCUT2D eigenvalue weighted by molar-refractivity contribution is -0.110. The number of aromatic nitrogens is 5. The van der Waals surface area contributed by atoms with Crippen molar-refractivity contribution in [3.63, 3.8) is 0 Å². The van der Waals surface area contributed by atoms with E-state index in [1.54, 1.807) is 29.2 Å². The first-order chi connectivity index (χ1) is 14.6. The predicted octanol–water partition coefficient (Wildman–Crippen LogP) is 1.23. The molecule has 2 aliphatic rings. The summed E-state index contributed by atoms with van der Waals surface area (Å²) in [6, 6.07) is 3.58. The summed E-state index contributed by atoms with van der Waals surface area (Å²) in [7, 11) is 0. The Hall–Kier alpha value is -3.79. The highest BCUT2D eigenvalue weighted by Crippen LogP contribution is 2.33. The number of hydrogen-bond donors (Lipinski definition) is 3. The van der Waals surface area contributed by atoms with Crippen LogP contribution in [-0.2, 0) is 16.1 Å². The molecule has 0 aliphatic carbocycles. The van der Waals surface area contributed by atoms with E-state index in [2.05, 4.69) is 30.7 Å². The van der Waals surface area contributed by atoms with Gasteiger partial charge in [-0.2, -0.15) is 5.10 Å². The molecule has 30 heavy (non-hydrogen) atoms. The molecule has 0 atom stereocenters. The van der Waals surface area contributed by atoms with E-state index in [4.69, 9.17) is 4.74 Å². The molecule has 0 saturated carbocycles. The molecular weight excluding hydrogens is 386 g/mol. The molecule has 2 bridgehead atoms. The maximum absolute atomic E-state index is 12.7. The van der Waals surface area contributed by atoms with Crippen molar-refractivity contribution in [2.24, 2.45) is 0 Å². The van der Waals surface area contributed by atoms with Crippen LogP contribution in [0.2, 0.25) is 0 Å². The number of amides is 2. The fourth-order valence-electron chi connectivity index (χ4n) is 3.58. The number of ether oxygens (including phenoxy) is 1. The van der Waals surface area contributed by atoms with Gasteiger partial charge in [0.2, 0.25) is 0 Å². The lowest BCUT2D eigenvalue weighted by Crippen LogP contribution is -2.28. The number of carbonyl (C=O) groups excluding carboxylic acids is 2. The van der Waals surface area contributed by atoms with E-state index in [-0.39, 0.29) is 11.8 Å². The standard InChI is InChI=1S/C20H19N7O3/c1-11-8-12-14(24-11)9-13-17-15(25-20(13)29)10-22-18(26-17)16-2-3-23-27(16)5-7-30-6-4-21-19(12)28/h2-3,8-10,24H,4-7H2,1H3,(H,21,28)(H,25,29)/b13-9-. The molecule has 0 radical (unpaired) electrons. The summed E-state index contributed by atoms with van der Waals surface area (Å²) in [4.78, 5) is 37.5. The van der Waals surface area contributed by atoms with Gasteiger partial charge in [0.05, 0.1) is 48.5 Å². The van der Waals surface area contributed by atoms with Crippen molar-refractivity contribution in [2.75, 3.05) is 25.1 Å². The Bertz CT molecular complexity index is 1190. The maximum atomic E-state index is 12.7.